The van der Waals surface area contributed by atoms with Gasteiger partial charge in [-0.2, -0.15) is 0 Å². The zero-order valence-electron chi connectivity index (χ0n) is 11.3. The maximum Gasteiger partial charge on any atom is 0.343 e. The van der Waals surface area contributed by atoms with Crippen LogP contribution in [0.25, 0.3) is 20.8 Å². The maximum absolute atomic E-state index is 11.5. The van der Waals surface area contributed by atoms with Crippen LogP contribution in [0.1, 0.15) is 10.4 Å². The van der Waals surface area contributed by atoms with Crippen molar-refractivity contribution in [2.45, 2.75) is 0 Å². The molecule has 0 radical (unpaired) electrons. The average Bonchev–Trinajstić information content (AvgIpc) is 2.92. The number of para-hydroxylation sites is 1. The molecule has 0 fully saturated rings. The number of hydrogen-bond acceptors (Lipinski definition) is 7. The molecule has 0 amide bonds. The first kappa shape index (κ1) is 14.7. The SMILES string of the molecule is O=C(O)c1c(-c2nc3ccccc3s2)cc(O)c(O)c1[N+](=O)[O-]. The molecule has 1 aromatic heterocycles. The van der Waals surface area contributed by atoms with Crippen molar-refractivity contribution >= 4 is 33.2 Å². The number of aromatic hydroxyl groups is 2. The first-order valence-electron chi connectivity index (χ1n) is 6.22. The van der Waals surface area contributed by atoms with Gasteiger partial charge in [0.2, 0.25) is 5.75 Å². The van der Waals surface area contributed by atoms with Gasteiger partial charge in [0, 0.05) is 5.56 Å². The van der Waals surface area contributed by atoms with Crippen molar-refractivity contribution in [1.29, 1.82) is 0 Å². The van der Waals surface area contributed by atoms with Crippen LogP contribution < -0.4 is 0 Å². The molecular formula is C14H8N2O6S. The zero-order valence-corrected chi connectivity index (χ0v) is 12.1. The molecule has 0 saturated carbocycles. The van der Waals surface area contributed by atoms with E-state index in [9.17, 15) is 30.2 Å². The number of phenolic OH excluding ortho intramolecular Hbond substituents is 2. The first-order valence-corrected chi connectivity index (χ1v) is 7.04. The molecule has 3 rings (SSSR count). The minimum atomic E-state index is -1.60. The summed E-state index contributed by atoms with van der Waals surface area (Å²) in [6.45, 7) is 0. The molecule has 3 N–H and O–H groups in total. The molecule has 8 nitrogen and oxygen atoms in total. The van der Waals surface area contributed by atoms with Gasteiger partial charge in [0.25, 0.3) is 0 Å². The number of benzene rings is 2. The number of thiazole rings is 1. The number of hydrogen-bond donors (Lipinski definition) is 3. The molecule has 0 bridgehead atoms. The number of carboxylic acid groups (broad SMARTS) is 1. The summed E-state index contributed by atoms with van der Waals surface area (Å²) >= 11 is 1.13. The minimum absolute atomic E-state index is 0.124. The van der Waals surface area contributed by atoms with E-state index in [1.165, 1.54) is 0 Å². The predicted octanol–water partition coefficient (Wildman–Crippen LogP) is 2.98. The van der Waals surface area contributed by atoms with E-state index in [1.807, 2.05) is 0 Å². The molecule has 0 spiro atoms. The average molecular weight is 332 g/mol. The smallest absolute Gasteiger partial charge is 0.343 e. The van der Waals surface area contributed by atoms with E-state index in [1.54, 1.807) is 24.3 Å². The van der Waals surface area contributed by atoms with Gasteiger partial charge in [0.15, 0.2) is 11.3 Å². The lowest BCUT2D eigenvalue weighted by Crippen LogP contribution is -2.05. The van der Waals surface area contributed by atoms with Crippen LogP contribution in [0.3, 0.4) is 0 Å². The summed E-state index contributed by atoms with van der Waals surface area (Å²) in [5.41, 5.74) is -1.31. The van der Waals surface area contributed by atoms with Gasteiger partial charge < -0.3 is 15.3 Å². The predicted molar refractivity (Wildman–Crippen MR) is 82.0 cm³/mol. The summed E-state index contributed by atoms with van der Waals surface area (Å²) < 4.78 is 0.758. The number of phenols is 2. The Bertz CT molecular complexity index is 932. The van der Waals surface area contributed by atoms with Gasteiger partial charge in [-0.15, -0.1) is 11.3 Å². The molecule has 0 aliphatic heterocycles. The number of rotatable bonds is 3. The summed E-state index contributed by atoms with van der Waals surface area (Å²) in [5, 5.41) is 40.0. The number of carboxylic acids is 1. The highest BCUT2D eigenvalue weighted by Gasteiger charge is 2.32. The van der Waals surface area contributed by atoms with Crippen molar-refractivity contribution in [1.82, 2.24) is 4.98 Å². The lowest BCUT2D eigenvalue weighted by atomic mass is 10.0. The van der Waals surface area contributed by atoms with Crippen LogP contribution >= 0.6 is 11.3 Å². The molecule has 0 atom stereocenters. The quantitative estimate of drug-likeness (QED) is 0.381. The lowest BCUT2D eigenvalue weighted by Gasteiger charge is -2.07. The van der Waals surface area contributed by atoms with Crippen LogP contribution in [0.2, 0.25) is 0 Å². The second kappa shape index (κ2) is 5.21. The minimum Gasteiger partial charge on any atom is -0.504 e. The maximum atomic E-state index is 11.5. The lowest BCUT2D eigenvalue weighted by molar-refractivity contribution is -0.386. The van der Waals surface area contributed by atoms with Gasteiger partial charge in [0.1, 0.15) is 5.01 Å². The zero-order chi connectivity index (χ0) is 16.7. The van der Waals surface area contributed by atoms with Crippen molar-refractivity contribution in [3.8, 4) is 22.1 Å². The molecule has 2 aromatic carbocycles. The van der Waals surface area contributed by atoms with Crippen molar-refractivity contribution in [3.05, 3.63) is 46.0 Å². The van der Waals surface area contributed by atoms with Crippen molar-refractivity contribution in [2.24, 2.45) is 0 Å². The highest BCUT2D eigenvalue weighted by molar-refractivity contribution is 7.21. The number of aromatic nitrogens is 1. The molecule has 0 aliphatic rings. The van der Waals surface area contributed by atoms with E-state index >= 15 is 0 Å². The van der Waals surface area contributed by atoms with Crippen molar-refractivity contribution in [3.63, 3.8) is 0 Å². The van der Waals surface area contributed by atoms with Gasteiger partial charge in [-0.05, 0) is 18.2 Å². The number of nitrogens with zero attached hydrogens (tertiary/aromatic N) is 2. The number of carbonyl (C=O) groups is 1. The molecule has 23 heavy (non-hydrogen) atoms. The van der Waals surface area contributed by atoms with Crippen molar-refractivity contribution < 1.29 is 25.0 Å². The fraction of sp³-hybridized carbons (Fsp3) is 0. The van der Waals surface area contributed by atoms with Gasteiger partial charge in [-0.1, -0.05) is 12.1 Å². The Morgan fingerprint density at radius 2 is 1.96 bits per heavy atom. The summed E-state index contributed by atoms with van der Waals surface area (Å²) in [5.74, 6) is -3.46. The summed E-state index contributed by atoms with van der Waals surface area (Å²) in [6.07, 6.45) is 0. The first-order chi connectivity index (χ1) is 10.9. The standard InChI is InChI=1S/C14H8N2O6S/c17-8-5-6(10(14(19)20)11(12(8)18)16(21)22)13-15-7-3-1-2-4-9(7)23-13/h1-5,17-18H,(H,19,20). The van der Waals surface area contributed by atoms with E-state index in [0.717, 1.165) is 22.1 Å². The molecule has 116 valence electrons. The van der Waals surface area contributed by atoms with Crippen LogP contribution in [0, 0.1) is 10.1 Å². The Labute approximate surface area is 132 Å². The van der Waals surface area contributed by atoms with E-state index in [0.29, 0.717) is 5.52 Å². The molecule has 1 heterocycles. The third kappa shape index (κ3) is 2.32. The fourth-order valence-electron chi connectivity index (χ4n) is 2.19. The largest absolute Gasteiger partial charge is 0.504 e. The van der Waals surface area contributed by atoms with Crippen LogP contribution in [0.4, 0.5) is 5.69 Å². The fourth-order valence-corrected chi connectivity index (χ4v) is 3.18. The summed E-state index contributed by atoms with van der Waals surface area (Å²) in [6, 6.07) is 7.97. The van der Waals surface area contributed by atoms with Gasteiger partial charge in [0.05, 0.1) is 15.1 Å². The highest BCUT2D eigenvalue weighted by Crippen LogP contribution is 2.45. The molecule has 9 heteroatoms. The topological polar surface area (TPSA) is 134 Å². The van der Waals surface area contributed by atoms with Crippen LogP contribution in [-0.2, 0) is 0 Å². The van der Waals surface area contributed by atoms with E-state index in [-0.39, 0.29) is 10.6 Å². The molecule has 0 unspecified atom stereocenters. The van der Waals surface area contributed by atoms with Gasteiger partial charge >= 0.3 is 11.7 Å². The Balaban J connectivity index is 2.38. The Morgan fingerprint density at radius 3 is 2.57 bits per heavy atom. The van der Waals surface area contributed by atoms with E-state index < -0.39 is 33.6 Å². The third-order valence-corrected chi connectivity index (χ3v) is 4.24. The monoisotopic (exact) mass is 332 g/mol. The van der Waals surface area contributed by atoms with Crippen LogP contribution in [-0.4, -0.2) is 31.2 Å². The molecule has 0 aliphatic carbocycles. The second-order valence-electron chi connectivity index (χ2n) is 4.56. The van der Waals surface area contributed by atoms with Crippen LogP contribution in [0.5, 0.6) is 11.5 Å². The molecular weight excluding hydrogens is 324 g/mol. The number of fused-ring (bicyclic) bond motifs is 1. The number of nitro benzene ring substituents is 1. The van der Waals surface area contributed by atoms with Gasteiger partial charge in [-0.25, -0.2) is 9.78 Å². The van der Waals surface area contributed by atoms with Gasteiger partial charge in [-0.3, -0.25) is 10.1 Å². The molecule has 3 aromatic rings. The van der Waals surface area contributed by atoms with Crippen molar-refractivity contribution in [2.75, 3.05) is 0 Å². The highest BCUT2D eigenvalue weighted by atomic mass is 32.1. The Morgan fingerprint density at radius 1 is 1.26 bits per heavy atom. The van der Waals surface area contributed by atoms with Crippen LogP contribution in [0.15, 0.2) is 30.3 Å². The Hall–Kier alpha value is -3.20. The third-order valence-electron chi connectivity index (χ3n) is 3.17. The summed E-state index contributed by atoms with van der Waals surface area (Å²) in [4.78, 5) is 25.8. The number of aromatic carboxylic acids is 1. The van der Waals surface area contributed by atoms with E-state index in [4.69, 9.17) is 0 Å². The Kier molecular flexibility index (Phi) is 3.34. The van der Waals surface area contributed by atoms with E-state index in [2.05, 4.69) is 4.98 Å². The second-order valence-corrected chi connectivity index (χ2v) is 5.60. The summed E-state index contributed by atoms with van der Waals surface area (Å²) in [7, 11) is 0. The molecule has 0 saturated heterocycles. The number of nitro groups is 1. The normalized spacial score (nSPS) is 10.8.